The minimum Gasteiger partial charge on any atom is -0.387 e. The molecule has 0 bridgehead atoms. The number of aliphatic hydroxyl groups excluding tert-OH is 1. The van der Waals surface area contributed by atoms with Gasteiger partial charge in [-0.05, 0) is 37.1 Å². The summed E-state index contributed by atoms with van der Waals surface area (Å²) in [6.45, 7) is 3.10. The molecule has 2 aromatic heterocycles. The third kappa shape index (κ3) is 3.84. The summed E-state index contributed by atoms with van der Waals surface area (Å²) in [5.41, 5.74) is 2.13. The Hall–Kier alpha value is -2.57. The van der Waals surface area contributed by atoms with Crippen LogP contribution in [-0.4, -0.2) is 39.0 Å². The van der Waals surface area contributed by atoms with Crippen molar-refractivity contribution >= 4 is 17.2 Å². The van der Waals surface area contributed by atoms with E-state index in [4.69, 9.17) is 0 Å². The van der Waals surface area contributed by atoms with Crippen LogP contribution in [0.25, 0.3) is 11.3 Å². The Labute approximate surface area is 168 Å². The number of carbonyl (C=O) groups is 1. The fraction of sp³-hybridized carbons (Fsp3) is 0.318. The smallest absolute Gasteiger partial charge is 0.257 e. The number of likely N-dealkylation sites (tertiary alicyclic amines) is 1. The van der Waals surface area contributed by atoms with Crippen molar-refractivity contribution in [1.29, 1.82) is 0 Å². The molecular formula is C22H23N3O2S. The van der Waals surface area contributed by atoms with Crippen molar-refractivity contribution < 1.29 is 9.90 Å². The van der Waals surface area contributed by atoms with E-state index < -0.39 is 6.10 Å². The van der Waals surface area contributed by atoms with Crippen molar-refractivity contribution in [3.8, 4) is 11.3 Å². The lowest BCUT2D eigenvalue weighted by Crippen LogP contribution is -2.40. The van der Waals surface area contributed by atoms with E-state index in [9.17, 15) is 9.90 Å². The summed E-state index contributed by atoms with van der Waals surface area (Å²) in [7, 11) is 0. The largest absolute Gasteiger partial charge is 0.387 e. The normalized spacial score (nSPS) is 16.1. The van der Waals surface area contributed by atoms with Crippen LogP contribution in [0.1, 0.15) is 40.0 Å². The first-order valence-electron chi connectivity index (χ1n) is 9.53. The molecule has 1 atom stereocenters. The monoisotopic (exact) mass is 393 g/mol. The highest BCUT2D eigenvalue weighted by atomic mass is 32.1. The van der Waals surface area contributed by atoms with Crippen LogP contribution in [0.2, 0.25) is 0 Å². The van der Waals surface area contributed by atoms with Gasteiger partial charge in [-0.25, -0.2) is 9.97 Å². The molecule has 5 nitrogen and oxygen atoms in total. The maximum atomic E-state index is 13.2. The Bertz CT molecular complexity index is 936. The van der Waals surface area contributed by atoms with E-state index in [0.29, 0.717) is 30.2 Å². The van der Waals surface area contributed by atoms with Crippen LogP contribution in [0.15, 0.2) is 54.0 Å². The van der Waals surface area contributed by atoms with Crippen LogP contribution >= 0.6 is 11.3 Å². The van der Waals surface area contributed by atoms with Gasteiger partial charge in [0.25, 0.3) is 5.91 Å². The van der Waals surface area contributed by atoms with Gasteiger partial charge >= 0.3 is 0 Å². The van der Waals surface area contributed by atoms with Gasteiger partial charge in [-0.3, -0.25) is 4.79 Å². The number of hydrogen-bond acceptors (Lipinski definition) is 5. The Balaban J connectivity index is 1.50. The maximum absolute atomic E-state index is 13.2. The van der Waals surface area contributed by atoms with Gasteiger partial charge in [0.1, 0.15) is 5.82 Å². The summed E-state index contributed by atoms with van der Waals surface area (Å²) in [5.74, 6) is 0.793. The molecule has 3 heterocycles. The first-order chi connectivity index (χ1) is 13.6. The third-order valence-electron chi connectivity index (χ3n) is 5.29. The van der Waals surface area contributed by atoms with Crippen molar-refractivity contribution in [3.63, 3.8) is 0 Å². The van der Waals surface area contributed by atoms with Crippen LogP contribution < -0.4 is 0 Å². The Morgan fingerprint density at radius 1 is 1.18 bits per heavy atom. The second-order valence-corrected chi connectivity index (χ2v) is 8.11. The van der Waals surface area contributed by atoms with Crippen molar-refractivity contribution in [1.82, 2.24) is 14.9 Å². The van der Waals surface area contributed by atoms with Crippen LogP contribution in [0.3, 0.4) is 0 Å². The molecule has 0 spiro atoms. The third-order valence-corrected chi connectivity index (χ3v) is 6.24. The van der Waals surface area contributed by atoms with E-state index in [1.807, 2.05) is 59.7 Å². The summed E-state index contributed by atoms with van der Waals surface area (Å²) in [6, 6.07) is 13.7. The minimum absolute atomic E-state index is 0.0390. The lowest BCUT2D eigenvalue weighted by molar-refractivity contribution is 0.0474. The average molecular weight is 394 g/mol. The highest BCUT2D eigenvalue weighted by Gasteiger charge is 2.30. The molecular weight excluding hydrogens is 370 g/mol. The molecule has 28 heavy (non-hydrogen) atoms. The number of hydrogen-bond donors (Lipinski definition) is 1. The number of amides is 1. The lowest BCUT2D eigenvalue weighted by atomic mass is 9.90. The van der Waals surface area contributed by atoms with Gasteiger partial charge in [-0.2, -0.15) is 0 Å². The zero-order valence-electron chi connectivity index (χ0n) is 15.8. The number of carbonyl (C=O) groups excluding carboxylic acids is 1. The predicted molar refractivity (Wildman–Crippen MR) is 110 cm³/mol. The quantitative estimate of drug-likeness (QED) is 0.725. The maximum Gasteiger partial charge on any atom is 0.257 e. The number of thiophene rings is 1. The first kappa shape index (κ1) is 18.8. The van der Waals surface area contributed by atoms with Gasteiger partial charge in [-0.1, -0.05) is 36.4 Å². The molecule has 4 rings (SSSR count). The molecule has 1 unspecified atom stereocenters. The summed E-state index contributed by atoms with van der Waals surface area (Å²) >= 11 is 1.58. The molecule has 0 aliphatic carbocycles. The van der Waals surface area contributed by atoms with Gasteiger partial charge in [0.15, 0.2) is 0 Å². The molecule has 1 aliphatic rings. The molecule has 3 aromatic rings. The Kier molecular flexibility index (Phi) is 5.50. The van der Waals surface area contributed by atoms with Gasteiger partial charge in [-0.15, -0.1) is 11.3 Å². The molecule has 0 saturated carbocycles. The van der Waals surface area contributed by atoms with E-state index in [1.165, 1.54) is 0 Å². The lowest BCUT2D eigenvalue weighted by Gasteiger charge is -2.34. The van der Waals surface area contributed by atoms with Gasteiger partial charge in [0.05, 0.1) is 17.4 Å². The highest BCUT2D eigenvalue weighted by molar-refractivity contribution is 7.10. The number of piperidine rings is 1. The van der Waals surface area contributed by atoms with E-state index in [2.05, 4.69) is 9.97 Å². The van der Waals surface area contributed by atoms with E-state index in [-0.39, 0.29) is 11.8 Å². The Morgan fingerprint density at radius 2 is 1.93 bits per heavy atom. The van der Waals surface area contributed by atoms with Crippen LogP contribution in [-0.2, 0) is 0 Å². The van der Waals surface area contributed by atoms with E-state index in [1.54, 1.807) is 17.5 Å². The molecule has 6 heteroatoms. The molecule has 0 radical (unpaired) electrons. The van der Waals surface area contributed by atoms with Crippen LogP contribution in [0.5, 0.6) is 0 Å². The SMILES string of the molecule is Cc1ncc(C(=O)N2CCC(C(O)c3cccs3)CC2)c(-c2ccccc2)n1. The highest BCUT2D eigenvalue weighted by Crippen LogP contribution is 2.33. The van der Waals surface area contributed by atoms with Crippen LogP contribution in [0, 0.1) is 12.8 Å². The number of aryl methyl sites for hydroxylation is 1. The molecule has 1 aromatic carbocycles. The molecule has 144 valence electrons. The van der Waals surface area contributed by atoms with Crippen molar-refractivity contribution in [2.75, 3.05) is 13.1 Å². The minimum atomic E-state index is -0.445. The topological polar surface area (TPSA) is 66.3 Å². The van der Waals surface area contributed by atoms with E-state index in [0.717, 1.165) is 23.3 Å². The second-order valence-electron chi connectivity index (χ2n) is 7.14. The van der Waals surface area contributed by atoms with Crippen molar-refractivity contribution in [2.24, 2.45) is 5.92 Å². The zero-order valence-corrected chi connectivity index (χ0v) is 16.6. The van der Waals surface area contributed by atoms with Gasteiger partial charge in [0, 0.05) is 29.7 Å². The molecule has 1 amide bonds. The number of aliphatic hydroxyl groups is 1. The molecule has 1 aliphatic heterocycles. The van der Waals surface area contributed by atoms with Crippen molar-refractivity contribution in [3.05, 3.63) is 70.3 Å². The molecule has 1 fully saturated rings. The summed E-state index contributed by atoms with van der Waals surface area (Å²) in [6.07, 6.45) is 2.77. The number of rotatable bonds is 4. The zero-order chi connectivity index (χ0) is 19.5. The molecule has 1 saturated heterocycles. The fourth-order valence-electron chi connectivity index (χ4n) is 3.72. The van der Waals surface area contributed by atoms with Crippen molar-refractivity contribution in [2.45, 2.75) is 25.9 Å². The predicted octanol–water partition coefficient (Wildman–Crippen LogP) is 4.10. The second kappa shape index (κ2) is 8.20. The summed E-state index contributed by atoms with van der Waals surface area (Å²) < 4.78 is 0. The number of benzene rings is 1. The summed E-state index contributed by atoms with van der Waals surface area (Å²) in [5, 5.41) is 12.6. The average Bonchev–Trinajstić information content (AvgIpc) is 3.28. The summed E-state index contributed by atoms with van der Waals surface area (Å²) in [4.78, 5) is 24.9. The van der Waals surface area contributed by atoms with Gasteiger partial charge < -0.3 is 10.0 Å². The first-order valence-corrected chi connectivity index (χ1v) is 10.4. The number of aromatic nitrogens is 2. The fourth-order valence-corrected chi connectivity index (χ4v) is 4.53. The van der Waals surface area contributed by atoms with Crippen LogP contribution in [0.4, 0.5) is 0 Å². The van der Waals surface area contributed by atoms with Gasteiger partial charge in [0.2, 0.25) is 0 Å². The standard InChI is InChI=1S/C22H23N3O2S/c1-15-23-14-18(20(24-15)16-6-3-2-4-7-16)22(27)25-11-9-17(10-12-25)21(26)19-8-5-13-28-19/h2-8,13-14,17,21,26H,9-12H2,1H3. The molecule has 1 N–H and O–H groups in total. The Morgan fingerprint density at radius 3 is 2.61 bits per heavy atom. The number of nitrogens with zero attached hydrogens (tertiary/aromatic N) is 3. The van der Waals surface area contributed by atoms with E-state index >= 15 is 0 Å².